The van der Waals surface area contributed by atoms with E-state index in [9.17, 15) is 0 Å². The molecule has 1 aromatic carbocycles. The molecule has 0 atom stereocenters. The van der Waals surface area contributed by atoms with Crippen molar-refractivity contribution in [1.82, 2.24) is 5.32 Å². The van der Waals surface area contributed by atoms with Crippen molar-refractivity contribution in [2.45, 2.75) is 52.1 Å². The topological polar surface area (TPSA) is 12.0 Å². The van der Waals surface area contributed by atoms with Crippen LogP contribution in [-0.4, -0.2) is 6.04 Å². The average molecular weight is 229 g/mol. The summed E-state index contributed by atoms with van der Waals surface area (Å²) in [5, 5.41) is 3.83. The Balaban J connectivity index is 1.63. The predicted molar refractivity (Wildman–Crippen MR) is 72.0 cm³/mol. The summed E-state index contributed by atoms with van der Waals surface area (Å²) in [6.45, 7) is 5.47. The van der Waals surface area contributed by atoms with Crippen molar-refractivity contribution >= 4 is 0 Å². The second-order valence-electron chi connectivity index (χ2n) is 6.01. The van der Waals surface area contributed by atoms with Crippen LogP contribution in [-0.2, 0) is 6.54 Å². The van der Waals surface area contributed by atoms with Crippen molar-refractivity contribution in [2.75, 3.05) is 0 Å². The van der Waals surface area contributed by atoms with E-state index in [-0.39, 0.29) is 0 Å². The quantitative estimate of drug-likeness (QED) is 0.813. The van der Waals surface area contributed by atoms with E-state index < -0.39 is 0 Å². The third-order valence-electron chi connectivity index (χ3n) is 4.29. The number of nitrogens with one attached hydrogen (secondary N) is 1. The number of hydrogen-bond donors (Lipinski definition) is 1. The normalized spacial score (nSPS) is 19.9. The van der Waals surface area contributed by atoms with Crippen molar-refractivity contribution in [3.8, 4) is 0 Å². The largest absolute Gasteiger partial charge is 0.309 e. The molecule has 0 unspecified atom stereocenters. The summed E-state index contributed by atoms with van der Waals surface area (Å²) < 4.78 is 0. The molecular weight excluding hydrogens is 206 g/mol. The minimum absolute atomic E-state index is 0.815. The van der Waals surface area contributed by atoms with Gasteiger partial charge in [0.25, 0.3) is 0 Å². The van der Waals surface area contributed by atoms with Gasteiger partial charge in [-0.2, -0.15) is 0 Å². The van der Waals surface area contributed by atoms with Crippen LogP contribution in [0.15, 0.2) is 18.2 Å². The summed E-state index contributed by atoms with van der Waals surface area (Å²) in [6, 6.07) is 7.60. The zero-order valence-corrected chi connectivity index (χ0v) is 11.0. The number of benzene rings is 1. The van der Waals surface area contributed by atoms with Crippen molar-refractivity contribution in [3.63, 3.8) is 0 Å². The SMILES string of the molecule is Cc1ccc(C)c(CNC(C2CC2)C2CC2)c1. The van der Waals surface area contributed by atoms with Gasteiger partial charge in [0.1, 0.15) is 0 Å². The second-order valence-corrected chi connectivity index (χ2v) is 6.01. The first-order chi connectivity index (χ1) is 8.24. The van der Waals surface area contributed by atoms with E-state index in [1.54, 1.807) is 0 Å². The van der Waals surface area contributed by atoms with Gasteiger partial charge in [-0.25, -0.2) is 0 Å². The summed E-state index contributed by atoms with van der Waals surface area (Å²) in [6.07, 6.45) is 5.84. The molecule has 3 rings (SSSR count). The van der Waals surface area contributed by atoms with Crippen molar-refractivity contribution in [1.29, 1.82) is 0 Å². The summed E-state index contributed by atoms with van der Waals surface area (Å²) in [7, 11) is 0. The first-order valence-electron chi connectivity index (χ1n) is 7.03. The lowest BCUT2D eigenvalue weighted by atomic mass is 10.0. The zero-order valence-electron chi connectivity index (χ0n) is 11.0. The summed E-state index contributed by atoms with van der Waals surface area (Å²) in [4.78, 5) is 0. The fourth-order valence-electron chi connectivity index (χ4n) is 2.85. The molecule has 2 fully saturated rings. The molecule has 0 saturated heterocycles. The van der Waals surface area contributed by atoms with Gasteiger partial charge in [0.15, 0.2) is 0 Å². The highest BCUT2D eigenvalue weighted by Crippen LogP contribution is 2.44. The molecule has 2 aliphatic carbocycles. The molecule has 2 saturated carbocycles. The fourth-order valence-corrected chi connectivity index (χ4v) is 2.85. The lowest BCUT2D eigenvalue weighted by Crippen LogP contribution is -2.32. The van der Waals surface area contributed by atoms with Crippen molar-refractivity contribution in [3.05, 3.63) is 34.9 Å². The van der Waals surface area contributed by atoms with Crippen LogP contribution in [0.5, 0.6) is 0 Å². The molecule has 0 aliphatic heterocycles. The molecule has 0 aromatic heterocycles. The third kappa shape index (κ3) is 2.71. The first kappa shape index (κ1) is 11.3. The van der Waals surface area contributed by atoms with Gasteiger partial charge in [-0.1, -0.05) is 23.8 Å². The molecule has 2 aliphatic rings. The van der Waals surface area contributed by atoms with Gasteiger partial charge in [0, 0.05) is 12.6 Å². The smallest absolute Gasteiger partial charge is 0.0211 e. The van der Waals surface area contributed by atoms with Gasteiger partial charge in [0.2, 0.25) is 0 Å². The van der Waals surface area contributed by atoms with Gasteiger partial charge in [-0.05, 0) is 62.5 Å². The molecule has 0 radical (unpaired) electrons. The fraction of sp³-hybridized carbons (Fsp3) is 0.625. The summed E-state index contributed by atoms with van der Waals surface area (Å²) >= 11 is 0. The molecule has 0 amide bonds. The van der Waals surface area contributed by atoms with Gasteiger partial charge in [0.05, 0.1) is 0 Å². The first-order valence-corrected chi connectivity index (χ1v) is 7.03. The molecular formula is C16H23N. The Morgan fingerprint density at radius 3 is 2.35 bits per heavy atom. The molecule has 1 aromatic rings. The van der Waals surface area contributed by atoms with Crippen LogP contribution in [0.2, 0.25) is 0 Å². The number of aryl methyl sites for hydroxylation is 2. The van der Waals surface area contributed by atoms with Gasteiger partial charge >= 0.3 is 0 Å². The summed E-state index contributed by atoms with van der Waals surface area (Å²) in [5.74, 6) is 1.99. The molecule has 0 bridgehead atoms. The van der Waals surface area contributed by atoms with Gasteiger partial charge < -0.3 is 5.32 Å². The molecule has 92 valence electrons. The minimum atomic E-state index is 0.815. The average Bonchev–Trinajstić information content (AvgIpc) is 3.14. The van der Waals surface area contributed by atoms with E-state index in [1.807, 2.05) is 0 Å². The Bertz CT molecular complexity index is 390. The van der Waals surface area contributed by atoms with E-state index in [1.165, 1.54) is 42.4 Å². The highest BCUT2D eigenvalue weighted by atomic mass is 14.9. The lowest BCUT2D eigenvalue weighted by molar-refractivity contribution is 0.415. The van der Waals surface area contributed by atoms with Crippen LogP contribution in [0.3, 0.4) is 0 Å². The molecule has 0 heterocycles. The Morgan fingerprint density at radius 1 is 1.12 bits per heavy atom. The van der Waals surface area contributed by atoms with Crippen molar-refractivity contribution in [2.24, 2.45) is 11.8 Å². The minimum Gasteiger partial charge on any atom is -0.309 e. The van der Waals surface area contributed by atoms with Gasteiger partial charge in [-0.15, -0.1) is 0 Å². The van der Waals surface area contributed by atoms with Crippen LogP contribution < -0.4 is 5.32 Å². The van der Waals surface area contributed by atoms with Crippen LogP contribution in [0.25, 0.3) is 0 Å². The Labute approximate surface area is 105 Å². The lowest BCUT2D eigenvalue weighted by Gasteiger charge is -2.18. The monoisotopic (exact) mass is 229 g/mol. The highest BCUT2D eigenvalue weighted by molar-refractivity contribution is 5.30. The van der Waals surface area contributed by atoms with E-state index >= 15 is 0 Å². The maximum Gasteiger partial charge on any atom is 0.0211 e. The Hall–Kier alpha value is -0.820. The second kappa shape index (κ2) is 4.45. The standard InChI is InChI=1S/C16H23N/c1-11-3-4-12(2)15(9-11)10-17-16(13-5-6-13)14-7-8-14/h3-4,9,13-14,16-17H,5-8,10H2,1-2H3. The summed E-state index contributed by atoms with van der Waals surface area (Å²) in [5.41, 5.74) is 4.28. The molecule has 0 spiro atoms. The number of hydrogen-bond acceptors (Lipinski definition) is 1. The molecule has 1 nitrogen and oxygen atoms in total. The molecule has 1 N–H and O–H groups in total. The van der Waals surface area contributed by atoms with E-state index in [4.69, 9.17) is 0 Å². The van der Waals surface area contributed by atoms with Crippen LogP contribution in [0, 0.1) is 25.7 Å². The van der Waals surface area contributed by atoms with E-state index in [0.717, 1.165) is 24.4 Å². The van der Waals surface area contributed by atoms with Crippen LogP contribution in [0.1, 0.15) is 42.4 Å². The molecule has 1 heteroatoms. The van der Waals surface area contributed by atoms with Crippen LogP contribution >= 0.6 is 0 Å². The Kier molecular flexibility index (Phi) is 2.96. The number of rotatable bonds is 5. The van der Waals surface area contributed by atoms with Crippen molar-refractivity contribution < 1.29 is 0 Å². The van der Waals surface area contributed by atoms with E-state index in [2.05, 4.69) is 37.4 Å². The van der Waals surface area contributed by atoms with Crippen LogP contribution in [0.4, 0.5) is 0 Å². The molecule has 17 heavy (non-hydrogen) atoms. The third-order valence-corrected chi connectivity index (χ3v) is 4.29. The highest BCUT2D eigenvalue weighted by Gasteiger charge is 2.40. The predicted octanol–water partition coefficient (Wildman–Crippen LogP) is 3.58. The zero-order chi connectivity index (χ0) is 11.8. The van der Waals surface area contributed by atoms with E-state index in [0.29, 0.717) is 0 Å². The van der Waals surface area contributed by atoms with Gasteiger partial charge in [-0.3, -0.25) is 0 Å². The maximum atomic E-state index is 3.83. The Morgan fingerprint density at radius 2 is 1.76 bits per heavy atom. The maximum absolute atomic E-state index is 3.83.